The van der Waals surface area contributed by atoms with E-state index in [4.69, 9.17) is 4.74 Å². The number of carbonyl (C=O) groups excluding carboxylic acids is 3. The molecule has 1 fully saturated rings. The highest BCUT2D eigenvalue weighted by Gasteiger charge is 2.71. The van der Waals surface area contributed by atoms with Crippen molar-refractivity contribution in [2.24, 2.45) is 10.8 Å². The van der Waals surface area contributed by atoms with Gasteiger partial charge >= 0.3 is 0 Å². The summed E-state index contributed by atoms with van der Waals surface area (Å²) in [7, 11) is 1.57. The van der Waals surface area contributed by atoms with Crippen molar-refractivity contribution in [2.45, 2.75) is 38.8 Å². The first-order valence-corrected chi connectivity index (χ1v) is 12.7. The number of carbonyl (C=O) groups is 3. The highest BCUT2D eigenvalue weighted by Crippen LogP contribution is 2.61. The predicted molar refractivity (Wildman–Crippen MR) is 143 cm³/mol. The number of hydrogen-bond acceptors (Lipinski definition) is 5. The summed E-state index contributed by atoms with van der Waals surface area (Å²) >= 11 is 0. The predicted octanol–water partition coefficient (Wildman–Crippen LogP) is 5.88. The Hall–Kier alpha value is -4.06. The van der Waals surface area contributed by atoms with Gasteiger partial charge in [0.2, 0.25) is 0 Å². The lowest BCUT2D eigenvalue weighted by molar-refractivity contribution is -0.127. The van der Waals surface area contributed by atoms with Crippen LogP contribution in [0.2, 0.25) is 0 Å². The van der Waals surface area contributed by atoms with Gasteiger partial charge in [0.15, 0.2) is 17.3 Å². The van der Waals surface area contributed by atoms with E-state index in [1.165, 1.54) is 12.1 Å². The van der Waals surface area contributed by atoms with Crippen molar-refractivity contribution in [3.8, 4) is 5.75 Å². The van der Waals surface area contributed by atoms with Crippen LogP contribution in [0.3, 0.4) is 0 Å². The number of anilines is 1. The first-order chi connectivity index (χ1) is 18.1. The Kier molecular flexibility index (Phi) is 5.25. The third-order valence-electron chi connectivity index (χ3n) is 8.25. The number of halogens is 1. The number of methoxy groups -OCH3 is 1. The molecule has 3 aliphatic rings. The second kappa shape index (κ2) is 8.22. The number of ether oxygens (including phenoxy) is 1. The normalized spacial score (nSPS) is 22.9. The summed E-state index contributed by atoms with van der Waals surface area (Å²) in [6.07, 6.45) is 3.57. The maximum absolute atomic E-state index is 14.5. The van der Waals surface area contributed by atoms with E-state index < -0.39 is 34.6 Å². The van der Waals surface area contributed by atoms with Crippen molar-refractivity contribution in [3.63, 3.8) is 0 Å². The fraction of sp³-hybridized carbons (Fsp3) is 0.281. The number of hydrogen-bond donors (Lipinski definition) is 0. The van der Waals surface area contributed by atoms with Crippen molar-refractivity contribution in [2.75, 3.05) is 12.0 Å². The largest absolute Gasteiger partial charge is 0.497 e. The van der Waals surface area contributed by atoms with Crippen LogP contribution in [0.4, 0.5) is 10.1 Å². The van der Waals surface area contributed by atoms with Crippen LogP contribution in [0.25, 0.3) is 6.08 Å². The first-order valence-electron chi connectivity index (χ1n) is 12.7. The SMILES string of the molecule is COc1ccc([C@H]2[C@H](C(=O)C(C)(C)C)N3c4ccc(F)cc4C=C[C@H]3C23C(=O)c2ccccc2C3=O)cc1. The van der Waals surface area contributed by atoms with Gasteiger partial charge in [-0.15, -0.1) is 0 Å². The van der Waals surface area contributed by atoms with E-state index in [9.17, 15) is 18.8 Å². The third kappa shape index (κ3) is 3.12. The number of ketones is 3. The molecule has 0 aromatic heterocycles. The number of fused-ring (bicyclic) bond motifs is 5. The summed E-state index contributed by atoms with van der Waals surface area (Å²) < 4.78 is 19.6. The fourth-order valence-electron chi connectivity index (χ4n) is 6.58. The smallest absolute Gasteiger partial charge is 0.180 e. The van der Waals surface area contributed by atoms with E-state index in [2.05, 4.69) is 0 Å². The summed E-state index contributed by atoms with van der Waals surface area (Å²) in [6.45, 7) is 5.54. The molecular weight excluding hydrogens is 481 g/mol. The van der Waals surface area contributed by atoms with E-state index in [1.807, 2.05) is 37.8 Å². The van der Waals surface area contributed by atoms with Gasteiger partial charge in [0, 0.05) is 33.7 Å². The number of benzene rings is 3. The van der Waals surface area contributed by atoms with Crippen LogP contribution in [0, 0.1) is 16.6 Å². The average Bonchev–Trinajstić information content (AvgIpc) is 3.33. The van der Waals surface area contributed by atoms with Gasteiger partial charge in [-0.25, -0.2) is 4.39 Å². The molecule has 6 heteroatoms. The minimum atomic E-state index is -1.56. The average molecular weight is 510 g/mol. The molecule has 0 N–H and O–H groups in total. The highest BCUT2D eigenvalue weighted by molar-refractivity contribution is 6.32. The van der Waals surface area contributed by atoms with Crippen LogP contribution < -0.4 is 9.64 Å². The molecule has 0 unspecified atom stereocenters. The molecule has 2 heterocycles. The number of rotatable bonds is 3. The number of nitrogens with zero attached hydrogens (tertiary/aromatic N) is 1. The number of Topliss-reactive ketones (excluding diaryl/α,β-unsaturated/α-hetero) is 3. The molecule has 0 radical (unpaired) electrons. The van der Waals surface area contributed by atoms with Gasteiger partial charge in [-0.2, -0.15) is 0 Å². The zero-order valence-electron chi connectivity index (χ0n) is 21.7. The van der Waals surface area contributed by atoms with E-state index >= 15 is 0 Å². The molecule has 0 saturated carbocycles. The lowest BCUT2D eigenvalue weighted by Gasteiger charge is -2.38. The van der Waals surface area contributed by atoms with E-state index in [0.717, 1.165) is 0 Å². The second-order valence-electron chi connectivity index (χ2n) is 11.3. The lowest BCUT2D eigenvalue weighted by atomic mass is 9.63. The molecule has 1 saturated heterocycles. The van der Waals surface area contributed by atoms with Crippen LogP contribution in [0.5, 0.6) is 5.75 Å². The van der Waals surface area contributed by atoms with Crippen molar-refractivity contribution in [3.05, 3.63) is 101 Å². The maximum Gasteiger partial charge on any atom is 0.180 e. The van der Waals surface area contributed by atoms with E-state index in [1.54, 1.807) is 61.7 Å². The highest BCUT2D eigenvalue weighted by atomic mass is 19.1. The monoisotopic (exact) mass is 509 g/mol. The fourth-order valence-corrected chi connectivity index (χ4v) is 6.58. The molecule has 3 atom stereocenters. The standard InChI is InChI=1S/C32H28FNO4/c1-31(2,3)30(37)27-26(18-9-13-21(38-4)14-10-18)32(28(35)22-7-5-6-8-23(22)29(32)36)25-16-11-19-17-20(33)12-15-24(19)34(25)27/h5-17,25-27H,1-4H3/t25-,26-,27+/m0/s1. The Balaban J connectivity index is 1.69. The molecule has 0 amide bonds. The zero-order valence-corrected chi connectivity index (χ0v) is 21.7. The van der Waals surface area contributed by atoms with Crippen LogP contribution >= 0.6 is 0 Å². The van der Waals surface area contributed by atoms with Crippen molar-refractivity contribution < 1.29 is 23.5 Å². The van der Waals surface area contributed by atoms with Crippen LogP contribution in [-0.2, 0) is 4.79 Å². The minimum Gasteiger partial charge on any atom is -0.497 e. The van der Waals surface area contributed by atoms with Gasteiger partial charge in [0.1, 0.15) is 17.0 Å². The molecule has 6 rings (SSSR count). The summed E-state index contributed by atoms with van der Waals surface area (Å²) in [6, 6.07) is 17.0. The van der Waals surface area contributed by atoms with Gasteiger partial charge in [-0.05, 0) is 35.9 Å². The molecule has 0 bridgehead atoms. The van der Waals surface area contributed by atoms with Crippen molar-refractivity contribution in [1.82, 2.24) is 0 Å². The molecule has 192 valence electrons. The van der Waals surface area contributed by atoms with Crippen LogP contribution in [0.15, 0.2) is 72.8 Å². The van der Waals surface area contributed by atoms with E-state index in [0.29, 0.717) is 33.7 Å². The Morgan fingerprint density at radius 2 is 1.58 bits per heavy atom. The summed E-state index contributed by atoms with van der Waals surface area (Å²) in [5, 5.41) is 0. The van der Waals surface area contributed by atoms with Crippen LogP contribution in [0.1, 0.15) is 58.5 Å². The second-order valence-corrected chi connectivity index (χ2v) is 11.3. The van der Waals surface area contributed by atoms with Gasteiger partial charge < -0.3 is 9.64 Å². The van der Waals surface area contributed by atoms with Gasteiger partial charge in [-0.1, -0.05) is 69.3 Å². The van der Waals surface area contributed by atoms with Crippen molar-refractivity contribution in [1.29, 1.82) is 0 Å². The molecule has 1 aliphatic carbocycles. The topological polar surface area (TPSA) is 63.7 Å². The molecule has 38 heavy (non-hydrogen) atoms. The first kappa shape index (κ1) is 24.3. The van der Waals surface area contributed by atoms with E-state index in [-0.39, 0.29) is 17.3 Å². The van der Waals surface area contributed by atoms with Gasteiger partial charge in [0.05, 0.1) is 19.2 Å². The molecule has 3 aromatic carbocycles. The van der Waals surface area contributed by atoms with Crippen molar-refractivity contribution >= 4 is 29.1 Å². The quantitative estimate of drug-likeness (QED) is 0.413. The zero-order chi connectivity index (χ0) is 27.0. The molecule has 2 aliphatic heterocycles. The third-order valence-corrected chi connectivity index (χ3v) is 8.25. The molecular formula is C32H28FNO4. The molecule has 3 aromatic rings. The Bertz CT molecular complexity index is 1500. The minimum absolute atomic E-state index is 0.0951. The Labute approximate surface area is 220 Å². The Morgan fingerprint density at radius 1 is 0.947 bits per heavy atom. The van der Waals surface area contributed by atoms with Gasteiger partial charge in [0.25, 0.3) is 0 Å². The Morgan fingerprint density at radius 3 is 2.16 bits per heavy atom. The molecule has 5 nitrogen and oxygen atoms in total. The lowest BCUT2D eigenvalue weighted by Crippen LogP contribution is -2.49. The summed E-state index contributed by atoms with van der Waals surface area (Å²) in [5.74, 6) is -1.21. The summed E-state index contributed by atoms with van der Waals surface area (Å²) in [5.41, 5.74) is 0.351. The summed E-state index contributed by atoms with van der Waals surface area (Å²) in [4.78, 5) is 45.2. The van der Waals surface area contributed by atoms with Gasteiger partial charge in [-0.3, -0.25) is 14.4 Å². The molecule has 1 spiro atoms. The van der Waals surface area contributed by atoms with Crippen LogP contribution in [-0.4, -0.2) is 36.5 Å². The maximum atomic E-state index is 14.5.